The third-order valence-corrected chi connectivity index (χ3v) is 4.99. The Balaban J connectivity index is 1.49. The Kier molecular flexibility index (Phi) is 7.30. The van der Waals surface area contributed by atoms with Crippen molar-refractivity contribution >= 4 is 29.3 Å². The number of nitrogens with zero attached hydrogens (tertiary/aromatic N) is 3. The van der Waals surface area contributed by atoms with E-state index in [2.05, 4.69) is 21.4 Å². The molecule has 0 saturated carbocycles. The van der Waals surface area contributed by atoms with Crippen LogP contribution in [0.3, 0.4) is 0 Å². The van der Waals surface area contributed by atoms with Gasteiger partial charge in [-0.1, -0.05) is 23.7 Å². The second-order valence-electron chi connectivity index (χ2n) is 6.41. The quantitative estimate of drug-likeness (QED) is 0.428. The van der Waals surface area contributed by atoms with Crippen LogP contribution in [-0.2, 0) is 9.59 Å². The second-order valence-corrected chi connectivity index (χ2v) is 7.34. The minimum Gasteiger partial charge on any atom is -0.497 e. The van der Waals surface area contributed by atoms with Gasteiger partial charge in [0.05, 0.1) is 19.4 Å². The third-order valence-electron chi connectivity index (χ3n) is 4.18. The van der Waals surface area contributed by atoms with Gasteiger partial charge in [-0.2, -0.15) is 0 Å². The lowest BCUT2D eigenvalue weighted by Crippen LogP contribution is -2.35. The highest BCUT2D eigenvalue weighted by Gasteiger charge is 2.16. The molecular weight excluding hydrogens is 416 g/mol. The SMILES string of the molecule is C#Cc1cccc(NC(=O)CN(C)C(=O)CSc2nnc(-c3ccc(OC)cc3)o2)c1. The molecule has 8 nitrogen and oxygen atoms in total. The molecule has 0 aliphatic rings. The molecule has 0 spiro atoms. The molecule has 0 atom stereocenters. The number of hydrogen-bond acceptors (Lipinski definition) is 7. The smallest absolute Gasteiger partial charge is 0.277 e. The number of amides is 2. The average Bonchev–Trinajstić information content (AvgIpc) is 3.26. The highest BCUT2D eigenvalue weighted by molar-refractivity contribution is 7.99. The zero-order valence-corrected chi connectivity index (χ0v) is 17.8. The number of benzene rings is 2. The van der Waals surface area contributed by atoms with Crippen molar-refractivity contribution in [3.05, 3.63) is 54.1 Å². The number of ether oxygens (including phenoxy) is 1. The number of methoxy groups -OCH3 is 1. The number of thioether (sulfide) groups is 1. The first-order valence-corrected chi connectivity index (χ1v) is 10.2. The van der Waals surface area contributed by atoms with E-state index in [1.165, 1.54) is 4.90 Å². The fraction of sp³-hybridized carbons (Fsp3) is 0.182. The summed E-state index contributed by atoms with van der Waals surface area (Å²) in [7, 11) is 3.14. The van der Waals surface area contributed by atoms with E-state index in [1.807, 2.05) is 0 Å². The van der Waals surface area contributed by atoms with Crippen LogP contribution in [0.2, 0.25) is 0 Å². The molecule has 3 rings (SSSR count). The van der Waals surface area contributed by atoms with Crippen LogP contribution >= 0.6 is 11.8 Å². The molecular formula is C22H20N4O4S. The molecule has 0 aliphatic heterocycles. The maximum absolute atomic E-state index is 12.3. The van der Waals surface area contributed by atoms with Gasteiger partial charge in [0.25, 0.3) is 5.22 Å². The first-order chi connectivity index (χ1) is 15.0. The van der Waals surface area contributed by atoms with E-state index in [-0.39, 0.29) is 29.3 Å². The summed E-state index contributed by atoms with van der Waals surface area (Å²) >= 11 is 1.11. The van der Waals surface area contributed by atoms with Crippen molar-refractivity contribution in [1.29, 1.82) is 0 Å². The lowest BCUT2D eigenvalue weighted by atomic mass is 10.2. The summed E-state index contributed by atoms with van der Waals surface area (Å²) in [5, 5.41) is 10.9. The van der Waals surface area contributed by atoms with Crippen molar-refractivity contribution in [1.82, 2.24) is 15.1 Å². The number of aromatic nitrogens is 2. The summed E-state index contributed by atoms with van der Waals surface area (Å²) in [4.78, 5) is 25.9. The van der Waals surface area contributed by atoms with Gasteiger partial charge in [0.1, 0.15) is 5.75 Å². The van der Waals surface area contributed by atoms with Gasteiger partial charge >= 0.3 is 0 Å². The Hall–Kier alpha value is -3.77. The molecule has 0 unspecified atom stereocenters. The summed E-state index contributed by atoms with van der Waals surface area (Å²) < 4.78 is 10.7. The van der Waals surface area contributed by atoms with Crippen LogP contribution in [0, 0.1) is 12.3 Å². The number of terminal acetylenes is 1. The molecule has 1 aromatic heterocycles. The first kappa shape index (κ1) is 21.9. The highest BCUT2D eigenvalue weighted by atomic mass is 32.2. The van der Waals surface area contributed by atoms with Crippen LogP contribution in [0.25, 0.3) is 11.5 Å². The molecule has 1 N–H and O–H groups in total. The van der Waals surface area contributed by atoms with Gasteiger partial charge in [-0.15, -0.1) is 16.6 Å². The van der Waals surface area contributed by atoms with Crippen LogP contribution < -0.4 is 10.1 Å². The van der Waals surface area contributed by atoms with Crippen LogP contribution in [0.15, 0.2) is 58.2 Å². The molecule has 158 valence electrons. The lowest BCUT2D eigenvalue weighted by molar-refractivity contribution is -0.131. The Morgan fingerprint density at radius 2 is 2.00 bits per heavy atom. The van der Waals surface area contributed by atoms with Gasteiger partial charge < -0.3 is 19.4 Å². The molecule has 3 aromatic rings. The fourth-order valence-electron chi connectivity index (χ4n) is 2.54. The van der Waals surface area contributed by atoms with E-state index in [1.54, 1.807) is 62.7 Å². The molecule has 9 heteroatoms. The molecule has 0 saturated heterocycles. The van der Waals surface area contributed by atoms with Crippen LogP contribution in [0.5, 0.6) is 5.75 Å². The van der Waals surface area contributed by atoms with Gasteiger partial charge in [-0.05, 0) is 42.5 Å². The molecule has 0 fully saturated rings. The Labute approximate surface area is 184 Å². The standard InChI is InChI=1S/C22H20N4O4S/c1-4-15-6-5-7-17(12-15)23-19(27)13-26(2)20(28)14-31-22-25-24-21(30-22)16-8-10-18(29-3)11-9-16/h1,5-12H,13-14H2,2-3H3,(H,23,27). The Morgan fingerprint density at radius 1 is 1.23 bits per heavy atom. The van der Waals surface area contributed by atoms with Gasteiger partial charge in [0, 0.05) is 23.9 Å². The fourth-order valence-corrected chi connectivity index (χ4v) is 3.25. The number of carbonyl (C=O) groups is 2. The van der Waals surface area contributed by atoms with Crippen LogP contribution in [0.1, 0.15) is 5.56 Å². The van der Waals surface area contributed by atoms with E-state index >= 15 is 0 Å². The largest absolute Gasteiger partial charge is 0.497 e. The minimum atomic E-state index is -0.324. The summed E-state index contributed by atoms with van der Waals surface area (Å²) in [6.45, 7) is -0.0966. The molecule has 2 amide bonds. The van der Waals surface area contributed by atoms with E-state index in [9.17, 15) is 9.59 Å². The van der Waals surface area contributed by atoms with Crippen molar-refractivity contribution in [3.8, 4) is 29.5 Å². The molecule has 0 bridgehead atoms. The van der Waals surface area contributed by atoms with Gasteiger partial charge in [0.15, 0.2) is 0 Å². The highest BCUT2D eigenvalue weighted by Crippen LogP contribution is 2.25. The van der Waals surface area contributed by atoms with E-state index in [0.29, 0.717) is 17.1 Å². The summed E-state index contributed by atoms with van der Waals surface area (Å²) in [6, 6.07) is 14.1. The zero-order valence-electron chi connectivity index (χ0n) is 17.0. The molecule has 2 aromatic carbocycles. The predicted molar refractivity (Wildman–Crippen MR) is 118 cm³/mol. The number of carbonyl (C=O) groups excluding carboxylic acids is 2. The monoisotopic (exact) mass is 436 g/mol. The molecule has 0 radical (unpaired) electrons. The number of rotatable bonds is 8. The summed E-state index contributed by atoms with van der Waals surface area (Å²) in [6.07, 6.45) is 5.36. The maximum Gasteiger partial charge on any atom is 0.277 e. The zero-order chi connectivity index (χ0) is 22.2. The van der Waals surface area contributed by atoms with E-state index in [4.69, 9.17) is 15.6 Å². The lowest BCUT2D eigenvalue weighted by Gasteiger charge is -2.16. The number of hydrogen-bond donors (Lipinski definition) is 1. The molecule has 0 aliphatic carbocycles. The van der Waals surface area contributed by atoms with Crippen molar-refractivity contribution in [2.24, 2.45) is 0 Å². The van der Waals surface area contributed by atoms with E-state index < -0.39 is 0 Å². The number of nitrogens with one attached hydrogen (secondary N) is 1. The average molecular weight is 436 g/mol. The summed E-state index contributed by atoms with van der Waals surface area (Å²) in [5.41, 5.74) is 1.98. The first-order valence-electron chi connectivity index (χ1n) is 9.19. The van der Waals surface area contributed by atoms with Crippen molar-refractivity contribution in [2.75, 3.05) is 31.8 Å². The Morgan fingerprint density at radius 3 is 2.71 bits per heavy atom. The third kappa shape index (κ3) is 6.10. The Bertz CT molecular complexity index is 1110. The van der Waals surface area contributed by atoms with E-state index in [0.717, 1.165) is 23.1 Å². The van der Waals surface area contributed by atoms with Gasteiger partial charge in [-0.25, -0.2) is 0 Å². The van der Waals surface area contributed by atoms with Crippen molar-refractivity contribution < 1.29 is 18.7 Å². The van der Waals surface area contributed by atoms with Crippen molar-refractivity contribution in [3.63, 3.8) is 0 Å². The minimum absolute atomic E-state index is 0.0562. The predicted octanol–water partition coefficient (Wildman–Crippen LogP) is 2.92. The van der Waals surface area contributed by atoms with Gasteiger partial charge in [0.2, 0.25) is 17.7 Å². The van der Waals surface area contributed by atoms with Crippen LogP contribution in [0.4, 0.5) is 5.69 Å². The number of likely N-dealkylation sites (N-methyl/N-ethyl adjacent to an activating group) is 1. The molecule has 31 heavy (non-hydrogen) atoms. The van der Waals surface area contributed by atoms with Crippen molar-refractivity contribution in [2.45, 2.75) is 5.22 Å². The second kappa shape index (κ2) is 10.3. The summed E-state index contributed by atoms with van der Waals surface area (Å²) in [5.74, 6) is 3.06. The maximum atomic E-state index is 12.3. The number of anilines is 1. The normalized spacial score (nSPS) is 10.2. The topological polar surface area (TPSA) is 97.6 Å². The van der Waals surface area contributed by atoms with Gasteiger partial charge in [-0.3, -0.25) is 9.59 Å². The van der Waals surface area contributed by atoms with Crippen LogP contribution in [-0.4, -0.2) is 53.4 Å². The molecule has 1 heterocycles.